The highest BCUT2D eigenvalue weighted by Crippen LogP contribution is 2.26. The molecule has 2 aliphatic rings. The second-order valence-electron chi connectivity index (χ2n) is 4.42. The van der Waals surface area contributed by atoms with Crippen molar-refractivity contribution in [1.29, 1.82) is 0 Å². The van der Waals surface area contributed by atoms with Crippen LogP contribution in [-0.2, 0) is 0 Å². The highest BCUT2D eigenvalue weighted by atomic mass is 16.4. The first-order chi connectivity index (χ1) is 6.68. The molecule has 0 aromatic rings. The molecule has 2 fully saturated rings. The average Bonchev–Trinajstić information content (AvgIpc) is 2.26. The third kappa shape index (κ3) is 1.71. The zero-order chi connectivity index (χ0) is 10.1. The molecule has 2 bridgehead atoms. The Morgan fingerprint density at radius 1 is 1.29 bits per heavy atom. The van der Waals surface area contributed by atoms with Gasteiger partial charge in [0.05, 0.1) is 0 Å². The van der Waals surface area contributed by atoms with Crippen LogP contribution in [0.4, 0.5) is 4.79 Å². The van der Waals surface area contributed by atoms with Crippen LogP contribution < -0.4 is 0 Å². The summed E-state index contributed by atoms with van der Waals surface area (Å²) in [7, 11) is 2.14. The number of nitrogens with zero attached hydrogens (tertiary/aromatic N) is 2. The van der Waals surface area contributed by atoms with Crippen molar-refractivity contribution in [2.45, 2.75) is 37.8 Å². The van der Waals surface area contributed by atoms with Crippen molar-refractivity contribution in [3.05, 3.63) is 0 Å². The highest BCUT2D eigenvalue weighted by Gasteiger charge is 2.33. The predicted molar refractivity (Wildman–Crippen MR) is 53.4 cm³/mol. The molecule has 2 aliphatic heterocycles. The zero-order valence-corrected chi connectivity index (χ0v) is 8.65. The second-order valence-corrected chi connectivity index (χ2v) is 4.42. The third-order valence-corrected chi connectivity index (χ3v) is 3.66. The largest absolute Gasteiger partial charge is 0.465 e. The van der Waals surface area contributed by atoms with Crippen molar-refractivity contribution >= 4 is 6.09 Å². The Kier molecular flexibility index (Phi) is 2.63. The molecule has 0 saturated carbocycles. The van der Waals surface area contributed by atoms with E-state index in [2.05, 4.69) is 11.9 Å². The number of hydrogen-bond acceptors (Lipinski definition) is 2. The fourth-order valence-corrected chi connectivity index (χ4v) is 2.69. The van der Waals surface area contributed by atoms with E-state index in [1.54, 1.807) is 4.90 Å². The van der Waals surface area contributed by atoms with E-state index in [9.17, 15) is 4.79 Å². The molecule has 2 saturated heterocycles. The molecular weight excluding hydrogens is 180 g/mol. The maximum atomic E-state index is 10.9. The number of piperidine rings is 1. The number of carboxylic acid groups (broad SMARTS) is 1. The van der Waals surface area contributed by atoms with E-state index < -0.39 is 6.09 Å². The summed E-state index contributed by atoms with van der Waals surface area (Å²) in [5, 5.41) is 8.98. The molecule has 2 atom stereocenters. The van der Waals surface area contributed by atoms with Gasteiger partial charge in [-0.25, -0.2) is 4.79 Å². The van der Waals surface area contributed by atoms with Crippen molar-refractivity contribution in [3.63, 3.8) is 0 Å². The minimum Gasteiger partial charge on any atom is -0.465 e. The molecule has 4 heteroatoms. The average molecular weight is 198 g/mol. The second kappa shape index (κ2) is 3.77. The van der Waals surface area contributed by atoms with Crippen LogP contribution in [0.25, 0.3) is 0 Å². The molecule has 2 unspecified atom stereocenters. The van der Waals surface area contributed by atoms with E-state index in [1.807, 2.05) is 0 Å². The summed E-state index contributed by atoms with van der Waals surface area (Å²) in [6, 6.07) is 1.06. The Hall–Kier alpha value is -0.770. The van der Waals surface area contributed by atoms with Crippen molar-refractivity contribution < 1.29 is 9.90 Å². The van der Waals surface area contributed by atoms with Crippen LogP contribution in [0.2, 0.25) is 0 Å². The zero-order valence-electron chi connectivity index (χ0n) is 8.65. The van der Waals surface area contributed by atoms with E-state index in [-0.39, 0.29) is 0 Å². The van der Waals surface area contributed by atoms with Gasteiger partial charge in [-0.05, 0) is 26.3 Å². The number of hydrogen-bond donors (Lipinski definition) is 1. The van der Waals surface area contributed by atoms with Crippen LogP contribution in [0.3, 0.4) is 0 Å². The van der Waals surface area contributed by atoms with E-state index in [4.69, 9.17) is 5.11 Å². The lowest BCUT2D eigenvalue weighted by Gasteiger charge is -2.37. The lowest BCUT2D eigenvalue weighted by atomic mass is 9.96. The first-order valence-corrected chi connectivity index (χ1v) is 5.38. The van der Waals surface area contributed by atoms with Crippen LogP contribution in [0.1, 0.15) is 25.7 Å². The molecule has 2 heterocycles. The molecular formula is C10H18N2O2. The number of carbonyl (C=O) groups is 1. The van der Waals surface area contributed by atoms with Gasteiger partial charge in [-0.1, -0.05) is 6.42 Å². The molecule has 1 N–H and O–H groups in total. The summed E-state index contributed by atoms with van der Waals surface area (Å²) in [5.41, 5.74) is 0. The van der Waals surface area contributed by atoms with Crippen LogP contribution in [0.15, 0.2) is 0 Å². The summed E-state index contributed by atoms with van der Waals surface area (Å²) in [5.74, 6) is 0. The highest BCUT2D eigenvalue weighted by molar-refractivity contribution is 5.65. The smallest absolute Gasteiger partial charge is 0.407 e. The van der Waals surface area contributed by atoms with Crippen molar-refractivity contribution in [1.82, 2.24) is 9.80 Å². The summed E-state index contributed by atoms with van der Waals surface area (Å²) in [6.45, 7) is 1.41. The maximum absolute atomic E-state index is 10.9. The van der Waals surface area contributed by atoms with Crippen LogP contribution in [-0.4, -0.2) is 53.2 Å². The summed E-state index contributed by atoms with van der Waals surface area (Å²) in [4.78, 5) is 14.9. The normalized spacial score (nSPS) is 33.9. The van der Waals surface area contributed by atoms with Gasteiger partial charge in [0.1, 0.15) is 0 Å². The van der Waals surface area contributed by atoms with Crippen molar-refractivity contribution in [2.75, 3.05) is 20.1 Å². The molecule has 0 aromatic heterocycles. The molecule has 0 aromatic carbocycles. The van der Waals surface area contributed by atoms with Gasteiger partial charge in [0.25, 0.3) is 0 Å². The molecule has 1 amide bonds. The minimum absolute atomic E-state index is 0.451. The van der Waals surface area contributed by atoms with Gasteiger partial charge < -0.3 is 10.0 Å². The van der Waals surface area contributed by atoms with Gasteiger partial charge in [0, 0.05) is 25.2 Å². The quantitative estimate of drug-likeness (QED) is 0.636. The fourth-order valence-electron chi connectivity index (χ4n) is 2.69. The lowest BCUT2D eigenvalue weighted by Crippen LogP contribution is -2.46. The van der Waals surface area contributed by atoms with E-state index in [1.165, 1.54) is 12.8 Å². The Morgan fingerprint density at radius 2 is 2.00 bits per heavy atom. The van der Waals surface area contributed by atoms with Gasteiger partial charge in [0.15, 0.2) is 0 Å². The van der Waals surface area contributed by atoms with Gasteiger partial charge >= 0.3 is 6.09 Å². The van der Waals surface area contributed by atoms with Gasteiger partial charge in [-0.3, -0.25) is 4.90 Å². The van der Waals surface area contributed by atoms with E-state index in [0.29, 0.717) is 25.2 Å². The van der Waals surface area contributed by atoms with Crippen LogP contribution in [0, 0.1) is 0 Å². The standard InChI is InChI=1S/C10H18N2O2/c1-11-8-3-2-4-9(11)7-12(6-5-8)10(13)14/h8-9H,2-7H2,1H3,(H,13,14). The van der Waals surface area contributed by atoms with Gasteiger partial charge in [-0.15, -0.1) is 0 Å². The lowest BCUT2D eigenvalue weighted by molar-refractivity contribution is 0.109. The van der Waals surface area contributed by atoms with E-state index in [0.717, 1.165) is 12.8 Å². The maximum Gasteiger partial charge on any atom is 0.407 e. The van der Waals surface area contributed by atoms with Crippen molar-refractivity contribution in [3.8, 4) is 0 Å². The first kappa shape index (κ1) is 9.77. The summed E-state index contributed by atoms with van der Waals surface area (Å²) < 4.78 is 0. The fraction of sp³-hybridized carbons (Fsp3) is 0.900. The van der Waals surface area contributed by atoms with Crippen LogP contribution in [0.5, 0.6) is 0 Å². The first-order valence-electron chi connectivity index (χ1n) is 5.38. The Bertz CT molecular complexity index is 232. The Morgan fingerprint density at radius 3 is 2.71 bits per heavy atom. The Balaban J connectivity index is 2.09. The topological polar surface area (TPSA) is 43.8 Å². The number of fused-ring (bicyclic) bond motifs is 2. The predicted octanol–water partition coefficient (Wildman–Crippen LogP) is 1.22. The third-order valence-electron chi connectivity index (χ3n) is 3.66. The van der Waals surface area contributed by atoms with Gasteiger partial charge in [0.2, 0.25) is 0 Å². The monoisotopic (exact) mass is 198 g/mol. The summed E-state index contributed by atoms with van der Waals surface area (Å²) in [6.07, 6.45) is 3.88. The summed E-state index contributed by atoms with van der Waals surface area (Å²) >= 11 is 0. The molecule has 0 aliphatic carbocycles. The SMILES string of the molecule is CN1C2CCCC1CN(C(=O)O)CC2. The van der Waals surface area contributed by atoms with E-state index >= 15 is 0 Å². The molecule has 0 radical (unpaired) electrons. The number of rotatable bonds is 0. The van der Waals surface area contributed by atoms with Gasteiger partial charge in [-0.2, -0.15) is 0 Å². The Labute approximate surface area is 84.5 Å². The molecule has 4 nitrogen and oxygen atoms in total. The molecule has 0 spiro atoms. The molecule has 14 heavy (non-hydrogen) atoms. The van der Waals surface area contributed by atoms with Crippen LogP contribution >= 0.6 is 0 Å². The minimum atomic E-state index is -0.758. The number of likely N-dealkylation sites (N-methyl/N-ethyl adjacent to an activating group) is 1. The van der Waals surface area contributed by atoms with Crippen molar-refractivity contribution in [2.24, 2.45) is 0 Å². The molecule has 2 rings (SSSR count). The molecule has 80 valence electrons. The number of amides is 1.